The van der Waals surface area contributed by atoms with Crippen LogP contribution in [0.2, 0.25) is 0 Å². The summed E-state index contributed by atoms with van der Waals surface area (Å²) < 4.78 is 0. The van der Waals surface area contributed by atoms with Crippen LogP contribution in [0.1, 0.15) is 31.2 Å². The average Bonchev–Trinajstić information content (AvgIpc) is 2.60. The van der Waals surface area contributed by atoms with Crippen molar-refractivity contribution in [1.82, 2.24) is 10.2 Å². The van der Waals surface area contributed by atoms with Crippen LogP contribution >= 0.6 is 0 Å². The number of carboxylic acid groups (broad SMARTS) is 1. The summed E-state index contributed by atoms with van der Waals surface area (Å²) >= 11 is 0. The lowest BCUT2D eigenvalue weighted by atomic mass is 9.86. The maximum Gasteiger partial charge on any atom is 0.317 e. The quantitative estimate of drug-likeness (QED) is 0.755. The average molecular weight is 330 g/mol. The van der Waals surface area contributed by atoms with E-state index in [-0.39, 0.29) is 18.0 Å². The predicted molar refractivity (Wildman–Crippen MR) is 93.8 cm³/mol. The molecule has 0 spiro atoms. The van der Waals surface area contributed by atoms with Crippen LogP contribution in [0.3, 0.4) is 0 Å². The normalized spacial score (nSPS) is 20.2. The highest BCUT2D eigenvalue weighted by Crippen LogP contribution is 2.24. The van der Waals surface area contributed by atoms with E-state index in [4.69, 9.17) is 5.11 Å². The van der Waals surface area contributed by atoms with Gasteiger partial charge in [0.1, 0.15) is 0 Å². The fourth-order valence-corrected chi connectivity index (χ4v) is 3.09. The van der Waals surface area contributed by atoms with Crippen LogP contribution in [0.4, 0.5) is 4.79 Å². The molecule has 2 rings (SSSR count). The highest BCUT2D eigenvalue weighted by Gasteiger charge is 2.27. The molecule has 0 saturated heterocycles. The predicted octanol–water partition coefficient (Wildman–Crippen LogP) is 3.07. The van der Waals surface area contributed by atoms with Crippen LogP contribution in [-0.2, 0) is 11.2 Å². The molecular formula is C19H26N2O3. The molecule has 0 bridgehead atoms. The monoisotopic (exact) mass is 330 g/mol. The summed E-state index contributed by atoms with van der Waals surface area (Å²) in [5.41, 5.74) is 1.20. The number of benzene rings is 1. The number of nitrogens with zero attached hydrogens (tertiary/aromatic N) is 1. The minimum absolute atomic E-state index is 0.0668. The van der Waals surface area contributed by atoms with E-state index in [1.165, 1.54) is 5.56 Å². The minimum Gasteiger partial charge on any atom is -0.481 e. The molecule has 0 aliphatic heterocycles. The van der Waals surface area contributed by atoms with Gasteiger partial charge in [-0.2, -0.15) is 0 Å². The molecule has 1 aliphatic carbocycles. The Hall–Kier alpha value is -2.30. The molecular weight excluding hydrogens is 304 g/mol. The third kappa shape index (κ3) is 5.41. The Morgan fingerprint density at radius 3 is 2.46 bits per heavy atom. The van der Waals surface area contributed by atoms with E-state index < -0.39 is 5.97 Å². The summed E-state index contributed by atoms with van der Waals surface area (Å²) in [6.45, 7) is 4.86. The van der Waals surface area contributed by atoms with Crippen molar-refractivity contribution in [2.75, 3.05) is 13.1 Å². The zero-order chi connectivity index (χ0) is 17.4. The van der Waals surface area contributed by atoms with Crippen molar-refractivity contribution in [1.29, 1.82) is 0 Å². The van der Waals surface area contributed by atoms with Gasteiger partial charge in [-0.15, -0.1) is 6.58 Å². The molecule has 0 radical (unpaired) electrons. The summed E-state index contributed by atoms with van der Waals surface area (Å²) in [6.07, 6.45) is 5.24. The van der Waals surface area contributed by atoms with E-state index in [1.54, 1.807) is 11.0 Å². The lowest BCUT2D eigenvalue weighted by Crippen LogP contribution is -2.47. The number of rotatable bonds is 7. The number of carboxylic acids is 1. The van der Waals surface area contributed by atoms with Gasteiger partial charge in [0.05, 0.1) is 5.92 Å². The minimum atomic E-state index is -0.726. The largest absolute Gasteiger partial charge is 0.481 e. The van der Waals surface area contributed by atoms with Crippen LogP contribution in [0, 0.1) is 5.92 Å². The van der Waals surface area contributed by atoms with Gasteiger partial charge in [0.25, 0.3) is 0 Å². The van der Waals surface area contributed by atoms with Crippen LogP contribution in [0.5, 0.6) is 0 Å². The SMILES string of the molecule is C=CCN(CCc1ccccc1)C(=O)NC1CCC(C(=O)O)CC1. The van der Waals surface area contributed by atoms with Crippen LogP contribution in [-0.4, -0.2) is 41.1 Å². The van der Waals surface area contributed by atoms with Gasteiger partial charge in [0, 0.05) is 19.1 Å². The first-order valence-electron chi connectivity index (χ1n) is 8.53. The summed E-state index contributed by atoms with van der Waals surface area (Å²) in [7, 11) is 0. The third-order valence-electron chi connectivity index (χ3n) is 4.55. The smallest absolute Gasteiger partial charge is 0.317 e. The number of hydrogen-bond donors (Lipinski definition) is 2. The standard InChI is InChI=1S/C19H26N2O3/c1-2-13-21(14-12-15-6-4-3-5-7-15)19(24)20-17-10-8-16(9-11-17)18(22)23/h2-7,16-17H,1,8-14H2,(H,20,24)(H,22,23). The maximum atomic E-state index is 12.5. The highest BCUT2D eigenvalue weighted by atomic mass is 16.4. The van der Waals surface area contributed by atoms with Crippen molar-refractivity contribution in [2.45, 2.75) is 38.1 Å². The van der Waals surface area contributed by atoms with E-state index >= 15 is 0 Å². The molecule has 1 saturated carbocycles. The molecule has 24 heavy (non-hydrogen) atoms. The molecule has 0 unspecified atom stereocenters. The van der Waals surface area contributed by atoms with Gasteiger partial charge in [0.2, 0.25) is 0 Å². The summed E-state index contributed by atoms with van der Waals surface area (Å²) in [4.78, 5) is 25.2. The fraction of sp³-hybridized carbons (Fsp3) is 0.474. The van der Waals surface area contributed by atoms with Crippen molar-refractivity contribution >= 4 is 12.0 Å². The highest BCUT2D eigenvalue weighted by molar-refractivity contribution is 5.75. The van der Waals surface area contributed by atoms with Crippen molar-refractivity contribution in [3.8, 4) is 0 Å². The second-order valence-corrected chi connectivity index (χ2v) is 6.31. The molecule has 1 aromatic carbocycles. The zero-order valence-corrected chi connectivity index (χ0v) is 14.0. The number of aliphatic carboxylic acids is 1. The molecule has 0 atom stereocenters. The van der Waals surface area contributed by atoms with E-state index in [1.807, 2.05) is 18.2 Å². The second-order valence-electron chi connectivity index (χ2n) is 6.31. The first kappa shape index (κ1) is 18.0. The molecule has 1 fully saturated rings. The van der Waals surface area contributed by atoms with Gasteiger partial charge in [0.15, 0.2) is 0 Å². The lowest BCUT2D eigenvalue weighted by Gasteiger charge is -2.30. The van der Waals surface area contributed by atoms with Crippen molar-refractivity contribution < 1.29 is 14.7 Å². The van der Waals surface area contributed by atoms with Crippen LogP contribution < -0.4 is 5.32 Å². The van der Waals surface area contributed by atoms with E-state index in [9.17, 15) is 9.59 Å². The van der Waals surface area contributed by atoms with Gasteiger partial charge in [-0.3, -0.25) is 4.79 Å². The van der Waals surface area contributed by atoms with Gasteiger partial charge < -0.3 is 15.3 Å². The lowest BCUT2D eigenvalue weighted by molar-refractivity contribution is -0.142. The molecule has 0 aromatic heterocycles. The Morgan fingerprint density at radius 2 is 1.88 bits per heavy atom. The van der Waals surface area contributed by atoms with Gasteiger partial charge in [-0.05, 0) is 37.7 Å². The van der Waals surface area contributed by atoms with Crippen molar-refractivity contribution in [3.63, 3.8) is 0 Å². The van der Waals surface area contributed by atoms with E-state index in [2.05, 4.69) is 24.0 Å². The number of carbonyl (C=O) groups is 2. The third-order valence-corrected chi connectivity index (χ3v) is 4.55. The summed E-state index contributed by atoms with van der Waals surface area (Å²) in [5.74, 6) is -0.989. The van der Waals surface area contributed by atoms with Crippen LogP contribution in [0.25, 0.3) is 0 Å². The molecule has 0 heterocycles. The number of urea groups is 1. The van der Waals surface area contributed by atoms with E-state index in [0.717, 1.165) is 19.3 Å². The molecule has 2 amide bonds. The summed E-state index contributed by atoms with van der Waals surface area (Å²) in [5, 5.41) is 12.1. The number of carbonyl (C=O) groups excluding carboxylic acids is 1. The molecule has 5 heteroatoms. The molecule has 1 aliphatic rings. The first-order valence-corrected chi connectivity index (χ1v) is 8.53. The Balaban J connectivity index is 1.83. The van der Waals surface area contributed by atoms with Gasteiger partial charge >= 0.3 is 12.0 Å². The Kier molecular flexibility index (Phi) is 6.85. The number of hydrogen-bond acceptors (Lipinski definition) is 2. The zero-order valence-electron chi connectivity index (χ0n) is 14.0. The number of amides is 2. The van der Waals surface area contributed by atoms with Gasteiger partial charge in [-0.25, -0.2) is 4.79 Å². The number of nitrogens with one attached hydrogen (secondary N) is 1. The van der Waals surface area contributed by atoms with Crippen molar-refractivity contribution in [2.24, 2.45) is 5.92 Å². The molecule has 1 aromatic rings. The Morgan fingerprint density at radius 1 is 1.21 bits per heavy atom. The molecule has 130 valence electrons. The summed E-state index contributed by atoms with van der Waals surface area (Å²) in [6, 6.07) is 10.0. The van der Waals surface area contributed by atoms with Gasteiger partial charge in [-0.1, -0.05) is 36.4 Å². The van der Waals surface area contributed by atoms with E-state index in [0.29, 0.717) is 25.9 Å². The molecule has 2 N–H and O–H groups in total. The van der Waals surface area contributed by atoms with Crippen molar-refractivity contribution in [3.05, 3.63) is 48.6 Å². The second kappa shape index (κ2) is 9.11. The first-order chi connectivity index (χ1) is 11.6. The fourth-order valence-electron chi connectivity index (χ4n) is 3.09. The molecule has 5 nitrogen and oxygen atoms in total. The maximum absolute atomic E-state index is 12.5. The Labute approximate surface area is 143 Å². The Bertz CT molecular complexity index is 551. The van der Waals surface area contributed by atoms with Crippen LogP contribution in [0.15, 0.2) is 43.0 Å². The topological polar surface area (TPSA) is 69.6 Å².